The number of benzene rings is 1. The van der Waals surface area contributed by atoms with Crippen molar-refractivity contribution in [3.05, 3.63) is 41.7 Å². The number of nitrogens with zero attached hydrogens (tertiary/aromatic N) is 2. The van der Waals surface area contributed by atoms with Crippen LogP contribution in [0.25, 0.3) is 0 Å². The molecule has 11 nitrogen and oxygen atoms in total. The second kappa shape index (κ2) is 17.8. The number of alkyl halides is 1. The summed E-state index contributed by atoms with van der Waals surface area (Å²) < 4.78 is 17.8. The van der Waals surface area contributed by atoms with Crippen molar-refractivity contribution in [2.75, 3.05) is 37.5 Å². The van der Waals surface area contributed by atoms with Crippen LogP contribution in [0.2, 0.25) is 0 Å². The highest BCUT2D eigenvalue weighted by molar-refractivity contribution is 7.46. The van der Waals surface area contributed by atoms with Crippen LogP contribution in [0.4, 0.5) is 10.1 Å². The number of anilines is 1. The van der Waals surface area contributed by atoms with Gasteiger partial charge < -0.3 is 30.3 Å². The van der Waals surface area contributed by atoms with E-state index in [1.54, 1.807) is 6.20 Å². The molecule has 1 aliphatic rings. The number of carboxylic acids is 2. The normalized spacial score (nSPS) is 16.0. The number of carbonyl (C=O) groups excluding carboxylic acids is 1. The molecule has 2 atom stereocenters. The Labute approximate surface area is 235 Å². The first-order valence-corrected chi connectivity index (χ1v) is 15.0. The molecule has 1 aromatic carbocycles. The molecule has 13 heteroatoms. The van der Waals surface area contributed by atoms with Gasteiger partial charge in [0.15, 0.2) is 8.38 Å². The Bertz CT molecular complexity index is 974. The van der Waals surface area contributed by atoms with Gasteiger partial charge in [-0.05, 0) is 68.6 Å². The molecular weight excluding hydrogens is 542 g/mol. The van der Waals surface area contributed by atoms with Gasteiger partial charge >= 0.3 is 11.9 Å². The Kier molecular flexibility index (Phi) is 14.9. The summed E-state index contributed by atoms with van der Waals surface area (Å²) >= 11 is 0. The molecule has 7 N–H and O–H groups in total. The first kappa shape index (κ1) is 33.4. The molecule has 0 aliphatic carbocycles. The number of carbonyl (C=O) groups is 3. The molecule has 2 rings (SSSR count). The molecule has 40 heavy (non-hydrogen) atoms. The Morgan fingerprint density at radius 2 is 1.80 bits per heavy atom. The smallest absolute Gasteiger partial charge is 0.307 e. The minimum atomic E-state index is -1.96. The highest BCUT2D eigenvalue weighted by atomic mass is 31.2. The second-order valence-electron chi connectivity index (χ2n) is 10.0. The maximum atomic E-state index is 12.7. The molecule has 0 saturated carbocycles. The van der Waals surface area contributed by atoms with Gasteiger partial charge in [0.25, 0.3) is 0 Å². The van der Waals surface area contributed by atoms with Gasteiger partial charge in [0.2, 0.25) is 5.91 Å². The fraction of sp³-hybridized carbons (Fsp3) is 0.593. The molecule has 1 amide bonds. The average Bonchev–Trinajstić information content (AvgIpc) is 2.93. The van der Waals surface area contributed by atoms with Gasteiger partial charge in [-0.2, -0.15) is 0 Å². The van der Waals surface area contributed by atoms with E-state index in [1.807, 2.05) is 29.2 Å². The summed E-state index contributed by atoms with van der Waals surface area (Å²) in [4.78, 5) is 46.7. The lowest BCUT2D eigenvalue weighted by Gasteiger charge is -2.32. The van der Waals surface area contributed by atoms with E-state index < -0.39 is 32.9 Å². The van der Waals surface area contributed by atoms with Gasteiger partial charge in [0.05, 0.1) is 24.9 Å². The minimum Gasteiger partial charge on any atom is -0.481 e. The third-order valence-corrected chi connectivity index (χ3v) is 8.05. The van der Waals surface area contributed by atoms with E-state index >= 15 is 0 Å². The molecule has 1 aromatic rings. The van der Waals surface area contributed by atoms with E-state index in [9.17, 15) is 28.8 Å². The van der Waals surface area contributed by atoms with E-state index in [-0.39, 0.29) is 37.4 Å². The fourth-order valence-electron chi connectivity index (χ4n) is 4.40. The molecule has 224 valence electrons. The molecule has 1 aliphatic heterocycles. The summed E-state index contributed by atoms with van der Waals surface area (Å²) in [5.74, 6) is 3.10. The number of amides is 1. The predicted molar refractivity (Wildman–Crippen MR) is 151 cm³/mol. The van der Waals surface area contributed by atoms with Crippen molar-refractivity contribution in [3.63, 3.8) is 0 Å². The summed E-state index contributed by atoms with van der Waals surface area (Å²) in [6, 6.07) is 7.66. The first-order valence-electron chi connectivity index (χ1n) is 13.6. The van der Waals surface area contributed by atoms with E-state index in [1.165, 1.54) is 5.01 Å². The zero-order chi connectivity index (χ0) is 29.5. The average molecular weight is 585 g/mol. The maximum Gasteiger partial charge on any atom is 0.307 e. The zero-order valence-corrected chi connectivity index (χ0v) is 23.7. The van der Waals surface area contributed by atoms with E-state index in [2.05, 4.69) is 0 Å². The van der Waals surface area contributed by atoms with Crippen molar-refractivity contribution >= 4 is 31.9 Å². The van der Waals surface area contributed by atoms with Crippen LogP contribution in [0.3, 0.4) is 0 Å². The van der Waals surface area contributed by atoms with Gasteiger partial charge in [-0.15, -0.1) is 0 Å². The van der Waals surface area contributed by atoms with Crippen molar-refractivity contribution in [2.24, 2.45) is 23.4 Å². The number of hydrogen-bond acceptors (Lipinski definition) is 8. The van der Waals surface area contributed by atoms with Crippen molar-refractivity contribution in [1.82, 2.24) is 4.90 Å². The number of halogens is 1. The van der Waals surface area contributed by atoms with Crippen LogP contribution in [0.1, 0.15) is 56.9 Å². The topological polar surface area (TPSA) is 180 Å². The van der Waals surface area contributed by atoms with Crippen molar-refractivity contribution < 1.29 is 38.4 Å². The van der Waals surface area contributed by atoms with E-state index in [0.29, 0.717) is 44.5 Å². The SMILES string of the molecule is N/C(=C\N(N)c1ccc(CCCC(=O)N2CCC(COP(O)CC(CCC(=O)O)C(=O)O)CC2)cc1)CCCF. The highest BCUT2D eigenvalue weighted by Crippen LogP contribution is 2.37. The molecular formula is C27H42FN4O7P. The third kappa shape index (κ3) is 12.6. The zero-order valence-electron chi connectivity index (χ0n) is 22.8. The lowest BCUT2D eigenvalue weighted by Crippen LogP contribution is -2.39. The monoisotopic (exact) mass is 584 g/mol. The van der Waals surface area contributed by atoms with Crippen molar-refractivity contribution in [1.29, 1.82) is 0 Å². The van der Waals surface area contributed by atoms with Gasteiger partial charge in [0, 0.05) is 44.0 Å². The number of nitrogens with two attached hydrogens (primary N) is 2. The molecule has 0 spiro atoms. The van der Waals surface area contributed by atoms with Crippen LogP contribution in [0.5, 0.6) is 0 Å². The van der Waals surface area contributed by atoms with Crippen LogP contribution in [0.15, 0.2) is 36.2 Å². The molecule has 0 bridgehead atoms. The van der Waals surface area contributed by atoms with Crippen LogP contribution >= 0.6 is 8.38 Å². The predicted octanol–water partition coefficient (Wildman–Crippen LogP) is 3.36. The van der Waals surface area contributed by atoms with Gasteiger partial charge in [-0.3, -0.25) is 23.8 Å². The molecule has 0 radical (unpaired) electrons. The van der Waals surface area contributed by atoms with Gasteiger partial charge in [0.1, 0.15) is 0 Å². The first-order chi connectivity index (χ1) is 19.1. The fourth-order valence-corrected chi connectivity index (χ4v) is 5.60. The molecule has 1 saturated heterocycles. The number of hydrazine groups is 1. The molecule has 1 heterocycles. The number of hydrogen-bond donors (Lipinski definition) is 5. The summed E-state index contributed by atoms with van der Waals surface area (Å²) in [6.45, 7) is 1.07. The largest absolute Gasteiger partial charge is 0.481 e. The third-order valence-electron chi connectivity index (χ3n) is 6.85. The Hall–Kier alpha value is -2.79. The summed E-state index contributed by atoms with van der Waals surface area (Å²) in [5, 5.41) is 19.4. The van der Waals surface area contributed by atoms with Crippen molar-refractivity contribution in [3.8, 4) is 0 Å². The van der Waals surface area contributed by atoms with Crippen LogP contribution < -0.4 is 16.6 Å². The van der Waals surface area contributed by atoms with Crippen LogP contribution in [0, 0.1) is 11.8 Å². The summed E-state index contributed by atoms with van der Waals surface area (Å²) in [5.41, 5.74) is 8.20. The number of allylic oxidation sites excluding steroid dienone is 1. The van der Waals surface area contributed by atoms with Gasteiger partial charge in [-0.25, -0.2) is 5.84 Å². The van der Waals surface area contributed by atoms with Crippen LogP contribution in [-0.4, -0.2) is 70.4 Å². The van der Waals surface area contributed by atoms with Crippen LogP contribution in [-0.2, 0) is 25.3 Å². The van der Waals surface area contributed by atoms with E-state index in [4.69, 9.17) is 21.2 Å². The molecule has 2 unspecified atom stereocenters. The second-order valence-corrected chi connectivity index (χ2v) is 11.4. The molecule has 0 aromatic heterocycles. The van der Waals surface area contributed by atoms with Crippen molar-refractivity contribution in [2.45, 2.75) is 57.8 Å². The lowest BCUT2D eigenvalue weighted by atomic mass is 9.97. The highest BCUT2D eigenvalue weighted by Gasteiger charge is 2.26. The van der Waals surface area contributed by atoms with Gasteiger partial charge in [-0.1, -0.05) is 12.1 Å². The number of likely N-dealkylation sites (tertiary alicyclic amines) is 1. The Morgan fingerprint density at radius 3 is 2.40 bits per heavy atom. The Balaban J connectivity index is 1.66. The number of aliphatic carboxylic acids is 2. The quantitative estimate of drug-likeness (QED) is 0.0975. The number of piperidine rings is 1. The standard InChI is InChI=1S/C27H42FN4O7P/c28-14-2-4-23(29)17-32(30)24-9-6-20(7-10-24)3-1-5-25(33)31-15-12-21(13-16-31)18-39-40(38)19-22(27(36)37)8-11-26(34)35/h6-7,9-10,17,21-22,38H,1-5,8,11-16,18-19,29-30H2,(H,34,35)(H,36,37)/b23-17-. The maximum absolute atomic E-state index is 12.7. The molecule has 1 fully saturated rings. The summed E-state index contributed by atoms with van der Waals surface area (Å²) in [6.07, 6.45) is 5.33. The van der Waals surface area contributed by atoms with E-state index in [0.717, 1.165) is 30.5 Å². The number of carboxylic acid groups (broad SMARTS) is 2. The summed E-state index contributed by atoms with van der Waals surface area (Å²) in [7, 11) is -1.96. The Morgan fingerprint density at radius 1 is 1.12 bits per heavy atom. The lowest BCUT2D eigenvalue weighted by molar-refractivity contribution is -0.142. The number of aryl methyl sites for hydroxylation is 1. The number of rotatable bonds is 18. The minimum absolute atomic E-state index is 0.0534.